The third-order valence-electron chi connectivity index (χ3n) is 5.91. The molecule has 96 valence electrons. The van der Waals surface area contributed by atoms with Crippen LogP contribution in [0.4, 0.5) is 0 Å². The number of hydrogen-bond donors (Lipinski definition) is 1. The van der Waals surface area contributed by atoms with Gasteiger partial charge < -0.3 is 5.11 Å². The quantitative estimate of drug-likeness (QED) is 0.721. The minimum atomic E-state index is 0.446. The maximum absolute atomic E-state index is 9.63. The zero-order chi connectivity index (χ0) is 12.1. The largest absolute Gasteiger partial charge is 0.508 e. The molecule has 4 atom stereocenters. The molecule has 2 saturated carbocycles. The number of fused-ring (bicyclic) bond motifs is 5. The van der Waals surface area contributed by atoms with Crippen LogP contribution >= 0.6 is 0 Å². The highest BCUT2D eigenvalue weighted by Gasteiger charge is 2.43. The lowest BCUT2D eigenvalue weighted by atomic mass is 9.61. The van der Waals surface area contributed by atoms with Crippen LogP contribution in [0.3, 0.4) is 0 Å². The van der Waals surface area contributed by atoms with Gasteiger partial charge in [0.1, 0.15) is 5.75 Å². The van der Waals surface area contributed by atoms with Gasteiger partial charge in [-0.15, -0.1) is 0 Å². The Kier molecular flexibility index (Phi) is 2.43. The first-order valence-electron chi connectivity index (χ1n) is 7.65. The molecule has 18 heavy (non-hydrogen) atoms. The number of benzene rings is 1. The van der Waals surface area contributed by atoms with Gasteiger partial charge in [0, 0.05) is 0 Å². The molecular weight excluding hydrogens is 220 g/mol. The summed E-state index contributed by atoms with van der Waals surface area (Å²) in [6, 6.07) is 6.10. The molecule has 3 aliphatic rings. The summed E-state index contributed by atoms with van der Waals surface area (Å²) < 4.78 is 0. The van der Waals surface area contributed by atoms with Crippen molar-refractivity contribution in [2.45, 2.75) is 50.9 Å². The van der Waals surface area contributed by atoms with Crippen molar-refractivity contribution in [2.75, 3.05) is 0 Å². The fraction of sp³-hybridized carbons (Fsp3) is 0.647. The van der Waals surface area contributed by atoms with E-state index in [2.05, 4.69) is 6.07 Å². The Morgan fingerprint density at radius 1 is 0.944 bits per heavy atom. The van der Waals surface area contributed by atoms with E-state index in [1.807, 2.05) is 12.1 Å². The summed E-state index contributed by atoms with van der Waals surface area (Å²) in [7, 11) is 0. The number of phenols is 1. The van der Waals surface area contributed by atoms with Crippen molar-refractivity contribution in [2.24, 2.45) is 17.8 Å². The van der Waals surface area contributed by atoms with E-state index in [0.29, 0.717) is 5.75 Å². The maximum atomic E-state index is 9.63. The minimum absolute atomic E-state index is 0.446. The zero-order valence-corrected chi connectivity index (χ0v) is 10.9. The molecule has 0 amide bonds. The van der Waals surface area contributed by atoms with Gasteiger partial charge >= 0.3 is 0 Å². The van der Waals surface area contributed by atoms with Crippen LogP contribution in [0.15, 0.2) is 18.2 Å². The summed E-state index contributed by atoms with van der Waals surface area (Å²) in [6.07, 6.45) is 9.85. The highest BCUT2D eigenvalue weighted by Crippen LogP contribution is 2.55. The van der Waals surface area contributed by atoms with Gasteiger partial charge in [-0.1, -0.05) is 18.9 Å². The highest BCUT2D eigenvalue weighted by atomic mass is 16.3. The van der Waals surface area contributed by atoms with Crippen LogP contribution in [0.25, 0.3) is 0 Å². The van der Waals surface area contributed by atoms with Crippen molar-refractivity contribution in [1.29, 1.82) is 0 Å². The monoisotopic (exact) mass is 242 g/mol. The second-order valence-corrected chi connectivity index (χ2v) is 6.62. The molecule has 2 fully saturated rings. The van der Waals surface area contributed by atoms with Crippen molar-refractivity contribution >= 4 is 0 Å². The first-order valence-corrected chi connectivity index (χ1v) is 7.65. The maximum Gasteiger partial charge on any atom is 0.115 e. The molecule has 4 rings (SSSR count). The van der Waals surface area contributed by atoms with Crippen molar-refractivity contribution < 1.29 is 5.11 Å². The van der Waals surface area contributed by atoms with Gasteiger partial charge in [-0.25, -0.2) is 0 Å². The summed E-state index contributed by atoms with van der Waals surface area (Å²) in [5.41, 5.74) is 2.99. The number of rotatable bonds is 0. The lowest BCUT2D eigenvalue weighted by Crippen LogP contribution is -2.33. The summed E-state index contributed by atoms with van der Waals surface area (Å²) in [5.74, 6) is 4.26. The van der Waals surface area contributed by atoms with Crippen LogP contribution in [0.5, 0.6) is 5.75 Å². The van der Waals surface area contributed by atoms with Crippen LogP contribution < -0.4 is 0 Å². The molecule has 1 heteroatoms. The van der Waals surface area contributed by atoms with Gasteiger partial charge in [0.25, 0.3) is 0 Å². The Balaban J connectivity index is 1.71. The highest BCUT2D eigenvalue weighted by molar-refractivity contribution is 5.39. The number of phenolic OH excluding ortho intramolecular Hbond substituents is 1. The summed E-state index contributed by atoms with van der Waals surface area (Å²) in [6.45, 7) is 0. The van der Waals surface area contributed by atoms with E-state index in [1.54, 1.807) is 5.56 Å². The molecule has 0 aliphatic heterocycles. The topological polar surface area (TPSA) is 20.2 Å². The van der Waals surface area contributed by atoms with Gasteiger partial charge in [0.2, 0.25) is 0 Å². The molecule has 0 radical (unpaired) electrons. The molecule has 0 aromatic heterocycles. The number of aromatic hydroxyl groups is 1. The predicted octanol–water partition coefficient (Wildman–Crippen LogP) is 4.25. The Hall–Kier alpha value is -0.980. The standard InChI is InChI=1S/C17H22O/c18-13-6-9-15-12(10-13)5-8-16-14-3-1-2-11(14)4-7-17(15)16/h6,9-11,14,16-18H,1-5,7-8H2. The second-order valence-electron chi connectivity index (χ2n) is 6.62. The van der Waals surface area contributed by atoms with Gasteiger partial charge in [-0.05, 0) is 79.0 Å². The second kappa shape index (κ2) is 4.01. The smallest absolute Gasteiger partial charge is 0.115 e. The average Bonchev–Trinajstić information content (AvgIpc) is 2.86. The molecule has 1 nitrogen and oxygen atoms in total. The molecule has 4 unspecified atom stereocenters. The Labute approximate surface area is 109 Å². The van der Waals surface area contributed by atoms with E-state index in [9.17, 15) is 5.11 Å². The molecule has 0 saturated heterocycles. The Morgan fingerprint density at radius 2 is 1.89 bits per heavy atom. The van der Waals surface area contributed by atoms with Gasteiger partial charge in [-0.3, -0.25) is 0 Å². The van der Waals surface area contributed by atoms with Crippen molar-refractivity contribution in [3.63, 3.8) is 0 Å². The first-order chi connectivity index (χ1) is 8.83. The van der Waals surface area contributed by atoms with E-state index in [0.717, 1.165) is 23.7 Å². The molecule has 1 aromatic carbocycles. The average molecular weight is 242 g/mol. The van der Waals surface area contributed by atoms with E-state index >= 15 is 0 Å². The van der Waals surface area contributed by atoms with Crippen LogP contribution in [0, 0.1) is 17.8 Å². The SMILES string of the molecule is Oc1ccc2c(c1)CCC1C2CCC2CCCC21. The van der Waals surface area contributed by atoms with Crippen LogP contribution in [-0.2, 0) is 6.42 Å². The lowest BCUT2D eigenvalue weighted by molar-refractivity contribution is 0.136. The molecule has 0 heterocycles. The molecule has 1 N–H and O–H groups in total. The van der Waals surface area contributed by atoms with E-state index in [4.69, 9.17) is 0 Å². The minimum Gasteiger partial charge on any atom is -0.508 e. The van der Waals surface area contributed by atoms with E-state index < -0.39 is 0 Å². The normalized spacial score (nSPS) is 37.8. The van der Waals surface area contributed by atoms with Crippen LogP contribution in [0.1, 0.15) is 55.6 Å². The van der Waals surface area contributed by atoms with Crippen molar-refractivity contribution in [1.82, 2.24) is 0 Å². The summed E-state index contributed by atoms with van der Waals surface area (Å²) in [5, 5.41) is 9.63. The van der Waals surface area contributed by atoms with E-state index in [-0.39, 0.29) is 0 Å². The summed E-state index contributed by atoms with van der Waals surface area (Å²) >= 11 is 0. The van der Waals surface area contributed by atoms with Gasteiger partial charge in [0.05, 0.1) is 0 Å². The third-order valence-corrected chi connectivity index (χ3v) is 5.91. The van der Waals surface area contributed by atoms with Crippen LogP contribution in [0.2, 0.25) is 0 Å². The molecule has 1 aromatic rings. The summed E-state index contributed by atoms with van der Waals surface area (Å²) in [4.78, 5) is 0. The molecule has 0 bridgehead atoms. The fourth-order valence-corrected chi connectivity index (χ4v) is 5.19. The third kappa shape index (κ3) is 1.52. The van der Waals surface area contributed by atoms with Crippen molar-refractivity contribution in [3.05, 3.63) is 29.3 Å². The van der Waals surface area contributed by atoms with E-state index in [1.165, 1.54) is 50.5 Å². The van der Waals surface area contributed by atoms with Crippen LogP contribution in [-0.4, -0.2) is 5.11 Å². The lowest BCUT2D eigenvalue weighted by Gasteiger charge is -2.44. The van der Waals surface area contributed by atoms with Gasteiger partial charge in [-0.2, -0.15) is 0 Å². The molecular formula is C17H22O. The predicted molar refractivity (Wildman–Crippen MR) is 72.7 cm³/mol. The first kappa shape index (κ1) is 10.9. The molecule has 0 spiro atoms. The Morgan fingerprint density at radius 3 is 2.83 bits per heavy atom. The number of aryl methyl sites for hydroxylation is 1. The zero-order valence-electron chi connectivity index (χ0n) is 10.9. The van der Waals surface area contributed by atoms with Gasteiger partial charge in [0.15, 0.2) is 0 Å². The number of hydrogen-bond acceptors (Lipinski definition) is 1. The fourth-order valence-electron chi connectivity index (χ4n) is 5.19. The van der Waals surface area contributed by atoms with Crippen molar-refractivity contribution in [3.8, 4) is 5.75 Å². The molecule has 3 aliphatic carbocycles. The Bertz CT molecular complexity index is 465.